The molecule has 8 heteroatoms. The molecule has 0 radical (unpaired) electrons. The van der Waals surface area contributed by atoms with Gasteiger partial charge < -0.3 is 15.2 Å². The van der Waals surface area contributed by atoms with E-state index in [2.05, 4.69) is 38.6 Å². The highest BCUT2D eigenvalue weighted by Crippen LogP contribution is 2.28. The molecular weight excluding hydrogens is 416 g/mol. The average Bonchev–Trinajstić information content (AvgIpc) is 2.84. The molecule has 2 N–H and O–H groups in total. The van der Waals surface area contributed by atoms with Gasteiger partial charge in [-0.25, -0.2) is 9.97 Å². The summed E-state index contributed by atoms with van der Waals surface area (Å²) in [5, 5.41) is 6.91. The number of aryl methyl sites for hydroxylation is 1. The summed E-state index contributed by atoms with van der Waals surface area (Å²) in [7, 11) is 3.34. The van der Waals surface area contributed by atoms with Gasteiger partial charge in [-0.15, -0.1) is 0 Å². The number of nitrogens with zero attached hydrogens (tertiary/aromatic N) is 4. The van der Waals surface area contributed by atoms with Crippen LogP contribution in [0.25, 0.3) is 22.2 Å². The molecule has 33 heavy (non-hydrogen) atoms. The van der Waals surface area contributed by atoms with Crippen LogP contribution in [-0.2, 0) is 7.05 Å². The molecule has 0 fully saturated rings. The molecule has 3 aromatic heterocycles. The number of fused-ring (bicyclic) bond motifs is 1. The van der Waals surface area contributed by atoms with Gasteiger partial charge in [0.2, 0.25) is 5.56 Å². The Morgan fingerprint density at radius 2 is 1.97 bits per heavy atom. The summed E-state index contributed by atoms with van der Waals surface area (Å²) >= 11 is 0. The van der Waals surface area contributed by atoms with Crippen LogP contribution < -0.4 is 16.2 Å². The van der Waals surface area contributed by atoms with E-state index in [1.807, 2.05) is 18.2 Å². The normalized spacial score (nSPS) is 11.8. The van der Waals surface area contributed by atoms with Crippen LogP contribution in [0.2, 0.25) is 0 Å². The molecule has 8 nitrogen and oxygen atoms in total. The number of pyridine rings is 2. The summed E-state index contributed by atoms with van der Waals surface area (Å²) in [5.74, 6) is 0.824. The number of nitrogens with one attached hydrogen (secondary N) is 2. The van der Waals surface area contributed by atoms with Gasteiger partial charge in [0.1, 0.15) is 12.1 Å². The standard InChI is InChI=1S/C25H26N6O2/c1-16(18-5-4-6-19-20(25(33)26-2)10-12-28-24(18)19)9-11-27-22-13-21(29-15-30-22)17-7-8-23(32)31(3)14-17/h4-8,10,12-16H,9,11H2,1-3H3,(H,26,33)(H,27,29,30). The third-order valence-electron chi connectivity index (χ3n) is 5.74. The van der Waals surface area contributed by atoms with Crippen LogP contribution in [-0.4, -0.2) is 39.0 Å². The largest absolute Gasteiger partial charge is 0.370 e. The SMILES string of the molecule is CNC(=O)c1ccnc2c(C(C)CCNc3cc(-c4ccc(=O)n(C)c4)ncn3)cccc12. The van der Waals surface area contributed by atoms with Gasteiger partial charge in [0.05, 0.1) is 16.8 Å². The third kappa shape index (κ3) is 4.74. The zero-order chi connectivity index (χ0) is 23.4. The molecule has 0 saturated carbocycles. The molecule has 1 aromatic carbocycles. The van der Waals surface area contributed by atoms with Crippen LogP contribution >= 0.6 is 0 Å². The number of carbonyl (C=O) groups excluding carboxylic acids is 1. The highest BCUT2D eigenvalue weighted by atomic mass is 16.1. The maximum atomic E-state index is 12.2. The lowest BCUT2D eigenvalue weighted by atomic mass is 9.94. The van der Waals surface area contributed by atoms with E-state index in [1.54, 1.807) is 38.6 Å². The summed E-state index contributed by atoms with van der Waals surface area (Å²) in [4.78, 5) is 37.1. The first kappa shape index (κ1) is 22.1. The Kier molecular flexibility index (Phi) is 6.44. The van der Waals surface area contributed by atoms with E-state index in [0.717, 1.165) is 40.0 Å². The number of para-hydroxylation sites is 1. The molecule has 1 atom stereocenters. The van der Waals surface area contributed by atoms with Gasteiger partial charge in [-0.05, 0) is 30.0 Å². The van der Waals surface area contributed by atoms with Crippen LogP contribution in [0.15, 0.2) is 66.0 Å². The number of aromatic nitrogens is 4. The molecule has 0 spiro atoms. The van der Waals surface area contributed by atoms with Gasteiger partial charge in [0.25, 0.3) is 5.91 Å². The van der Waals surface area contributed by atoms with Crippen molar-refractivity contribution in [1.82, 2.24) is 24.8 Å². The first-order valence-electron chi connectivity index (χ1n) is 10.8. The predicted molar refractivity (Wildman–Crippen MR) is 129 cm³/mol. The monoisotopic (exact) mass is 442 g/mol. The van der Waals surface area contributed by atoms with E-state index in [1.165, 1.54) is 17.0 Å². The van der Waals surface area contributed by atoms with E-state index < -0.39 is 0 Å². The number of carbonyl (C=O) groups is 1. The molecule has 0 aliphatic heterocycles. The Morgan fingerprint density at radius 1 is 1.12 bits per heavy atom. The van der Waals surface area contributed by atoms with Crippen molar-refractivity contribution in [2.75, 3.05) is 18.9 Å². The fourth-order valence-corrected chi connectivity index (χ4v) is 3.86. The van der Waals surface area contributed by atoms with Crippen molar-refractivity contribution in [1.29, 1.82) is 0 Å². The lowest BCUT2D eigenvalue weighted by Crippen LogP contribution is -2.18. The Labute approximate surface area is 191 Å². The smallest absolute Gasteiger partial charge is 0.251 e. The van der Waals surface area contributed by atoms with Crippen molar-refractivity contribution in [3.05, 3.63) is 82.7 Å². The maximum absolute atomic E-state index is 12.2. The zero-order valence-corrected chi connectivity index (χ0v) is 18.9. The van der Waals surface area contributed by atoms with Gasteiger partial charge >= 0.3 is 0 Å². The number of rotatable bonds is 7. The summed E-state index contributed by atoms with van der Waals surface area (Å²) < 4.78 is 1.53. The summed E-state index contributed by atoms with van der Waals surface area (Å²) in [5.41, 5.74) is 4.12. The summed E-state index contributed by atoms with van der Waals surface area (Å²) in [6.45, 7) is 2.86. The van der Waals surface area contributed by atoms with Crippen LogP contribution in [0.4, 0.5) is 5.82 Å². The molecule has 0 aliphatic carbocycles. The van der Waals surface area contributed by atoms with Crippen molar-refractivity contribution in [2.45, 2.75) is 19.3 Å². The Bertz CT molecular complexity index is 1360. The molecule has 0 saturated heterocycles. The van der Waals surface area contributed by atoms with Crippen LogP contribution in [0.5, 0.6) is 0 Å². The molecule has 0 aliphatic rings. The van der Waals surface area contributed by atoms with Gasteiger partial charge in [-0.1, -0.05) is 25.1 Å². The van der Waals surface area contributed by atoms with Crippen molar-refractivity contribution in [3.8, 4) is 11.3 Å². The minimum atomic E-state index is -0.119. The maximum Gasteiger partial charge on any atom is 0.251 e. The molecule has 4 rings (SSSR count). The fourth-order valence-electron chi connectivity index (χ4n) is 3.86. The average molecular weight is 443 g/mol. The van der Waals surface area contributed by atoms with Crippen LogP contribution in [0, 0.1) is 0 Å². The van der Waals surface area contributed by atoms with E-state index >= 15 is 0 Å². The van der Waals surface area contributed by atoms with Crippen LogP contribution in [0.3, 0.4) is 0 Å². The Balaban J connectivity index is 1.47. The predicted octanol–water partition coefficient (Wildman–Crippen LogP) is 3.36. The van der Waals surface area contributed by atoms with Crippen molar-refractivity contribution in [2.24, 2.45) is 7.05 Å². The second-order valence-electron chi connectivity index (χ2n) is 7.95. The van der Waals surface area contributed by atoms with Crippen molar-refractivity contribution in [3.63, 3.8) is 0 Å². The third-order valence-corrected chi connectivity index (χ3v) is 5.74. The number of hydrogen-bond acceptors (Lipinski definition) is 6. The minimum Gasteiger partial charge on any atom is -0.370 e. The molecule has 3 heterocycles. The van der Waals surface area contributed by atoms with Gasteiger partial charge in [-0.3, -0.25) is 14.6 Å². The van der Waals surface area contributed by atoms with E-state index in [9.17, 15) is 9.59 Å². The first-order valence-corrected chi connectivity index (χ1v) is 10.8. The molecule has 168 valence electrons. The first-order chi connectivity index (χ1) is 16.0. The highest BCUT2D eigenvalue weighted by molar-refractivity contribution is 6.06. The van der Waals surface area contributed by atoms with Gasteiger partial charge in [0.15, 0.2) is 0 Å². The van der Waals surface area contributed by atoms with Crippen molar-refractivity contribution < 1.29 is 4.79 Å². The zero-order valence-electron chi connectivity index (χ0n) is 18.9. The molecular formula is C25H26N6O2. The van der Waals surface area contributed by atoms with Gasteiger partial charge in [0, 0.05) is 56.1 Å². The topological polar surface area (TPSA) is 102 Å². The molecule has 1 unspecified atom stereocenters. The Morgan fingerprint density at radius 3 is 2.76 bits per heavy atom. The minimum absolute atomic E-state index is 0.0643. The highest BCUT2D eigenvalue weighted by Gasteiger charge is 2.15. The lowest BCUT2D eigenvalue weighted by molar-refractivity contribution is 0.0964. The summed E-state index contributed by atoms with van der Waals surface area (Å²) in [6.07, 6.45) is 5.81. The number of hydrogen-bond donors (Lipinski definition) is 2. The van der Waals surface area contributed by atoms with Crippen LogP contribution in [0.1, 0.15) is 35.2 Å². The number of benzene rings is 1. The second kappa shape index (κ2) is 9.60. The summed E-state index contributed by atoms with van der Waals surface area (Å²) in [6, 6.07) is 12.9. The number of amides is 1. The van der Waals surface area contributed by atoms with E-state index in [0.29, 0.717) is 12.1 Å². The van der Waals surface area contributed by atoms with E-state index in [-0.39, 0.29) is 17.4 Å². The Hall–Kier alpha value is -4.07. The molecule has 0 bridgehead atoms. The lowest BCUT2D eigenvalue weighted by Gasteiger charge is -2.16. The second-order valence-corrected chi connectivity index (χ2v) is 7.95. The number of anilines is 1. The fraction of sp³-hybridized carbons (Fsp3) is 0.240. The van der Waals surface area contributed by atoms with Crippen molar-refractivity contribution >= 4 is 22.6 Å². The van der Waals surface area contributed by atoms with E-state index in [4.69, 9.17) is 0 Å². The van der Waals surface area contributed by atoms with Gasteiger partial charge in [-0.2, -0.15) is 0 Å². The molecule has 4 aromatic rings. The quantitative estimate of drug-likeness (QED) is 0.455. The molecule has 1 amide bonds.